The molecule has 0 amide bonds. The third-order valence-corrected chi connectivity index (χ3v) is 4.37. The molecule has 146 valence electrons. The summed E-state index contributed by atoms with van der Waals surface area (Å²) >= 11 is 0. The molecule has 8 heteroatoms. The van der Waals surface area contributed by atoms with Gasteiger partial charge in [0.2, 0.25) is 10.0 Å². The van der Waals surface area contributed by atoms with E-state index in [1.54, 1.807) is 12.4 Å². The van der Waals surface area contributed by atoms with Gasteiger partial charge in [-0.1, -0.05) is 24.0 Å². The zero-order valence-corrected chi connectivity index (χ0v) is 16.5. The fourth-order valence-electron chi connectivity index (χ4n) is 2.47. The molecule has 0 aliphatic carbocycles. The van der Waals surface area contributed by atoms with Crippen LogP contribution in [-0.2, 0) is 14.8 Å². The number of rotatable bonds is 4. The lowest BCUT2D eigenvalue weighted by atomic mass is 10.0. The molecule has 0 atom stereocenters. The molecule has 0 unspecified atom stereocenters. The van der Waals surface area contributed by atoms with E-state index in [1.165, 1.54) is 19.4 Å². The molecule has 29 heavy (non-hydrogen) atoms. The fraction of sp³-hybridized carbons (Fsp3) is 0.0952. The number of nitrogens with zero attached hydrogens (tertiary/aromatic N) is 2. The molecule has 1 aromatic carbocycles. The van der Waals surface area contributed by atoms with Crippen molar-refractivity contribution in [2.75, 3.05) is 18.1 Å². The first-order chi connectivity index (χ1) is 13.9. The number of carbonyl (C=O) groups is 1. The Morgan fingerprint density at radius 1 is 1.03 bits per heavy atom. The van der Waals surface area contributed by atoms with Crippen molar-refractivity contribution in [2.45, 2.75) is 0 Å². The maximum atomic E-state index is 12.1. The lowest BCUT2D eigenvalue weighted by Gasteiger charge is -2.10. The zero-order chi connectivity index (χ0) is 20.9. The number of pyridine rings is 2. The van der Waals surface area contributed by atoms with Crippen LogP contribution in [0.4, 0.5) is 5.82 Å². The number of aromatic nitrogens is 2. The first kappa shape index (κ1) is 20.0. The number of esters is 1. The molecule has 0 spiro atoms. The first-order valence-electron chi connectivity index (χ1n) is 8.44. The molecule has 0 aliphatic heterocycles. The number of anilines is 1. The number of hydrogen-bond acceptors (Lipinski definition) is 6. The molecule has 0 aliphatic rings. The second-order valence-electron chi connectivity index (χ2n) is 6.06. The molecule has 0 radical (unpaired) electrons. The van der Waals surface area contributed by atoms with Gasteiger partial charge in [-0.05, 0) is 35.9 Å². The van der Waals surface area contributed by atoms with Gasteiger partial charge in [-0.15, -0.1) is 0 Å². The molecular formula is C21H17N3O4S. The zero-order valence-electron chi connectivity index (χ0n) is 15.7. The number of nitrogens with one attached hydrogen (secondary N) is 1. The largest absolute Gasteiger partial charge is 0.465 e. The van der Waals surface area contributed by atoms with Crippen molar-refractivity contribution < 1.29 is 17.9 Å². The van der Waals surface area contributed by atoms with Crippen molar-refractivity contribution >= 4 is 21.8 Å². The predicted molar refractivity (Wildman–Crippen MR) is 110 cm³/mol. The third kappa shape index (κ3) is 5.40. The maximum absolute atomic E-state index is 12.1. The SMILES string of the molecule is COC(=O)c1cc(-c2ccc(C#Cc3cccnc3)cc2)cnc1NS(C)(=O)=O. The number of methoxy groups -OCH3 is 1. The average Bonchev–Trinajstić information content (AvgIpc) is 2.72. The van der Waals surface area contributed by atoms with E-state index in [1.807, 2.05) is 36.4 Å². The molecule has 1 N–H and O–H groups in total. The highest BCUT2D eigenvalue weighted by molar-refractivity contribution is 7.92. The van der Waals surface area contributed by atoms with E-state index < -0.39 is 16.0 Å². The van der Waals surface area contributed by atoms with Crippen LogP contribution in [0.5, 0.6) is 0 Å². The van der Waals surface area contributed by atoms with E-state index in [4.69, 9.17) is 4.74 Å². The predicted octanol–water partition coefficient (Wildman–Crippen LogP) is 2.70. The number of hydrogen-bond donors (Lipinski definition) is 1. The molecule has 7 nitrogen and oxygen atoms in total. The second-order valence-corrected chi connectivity index (χ2v) is 7.80. The van der Waals surface area contributed by atoms with Crippen LogP contribution in [0.25, 0.3) is 11.1 Å². The van der Waals surface area contributed by atoms with Gasteiger partial charge in [0.05, 0.1) is 13.4 Å². The molecule has 3 aromatic rings. The monoisotopic (exact) mass is 407 g/mol. The highest BCUT2D eigenvalue weighted by Crippen LogP contribution is 2.24. The summed E-state index contributed by atoms with van der Waals surface area (Å²) in [5, 5.41) is 0. The highest BCUT2D eigenvalue weighted by Gasteiger charge is 2.17. The van der Waals surface area contributed by atoms with E-state index in [-0.39, 0.29) is 11.4 Å². The number of ether oxygens (including phenoxy) is 1. The fourth-order valence-corrected chi connectivity index (χ4v) is 2.99. The van der Waals surface area contributed by atoms with Gasteiger partial charge in [-0.25, -0.2) is 18.2 Å². The summed E-state index contributed by atoms with van der Waals surface area (Å²) in [4.78, 5) is 20.2. The summed E-state index contributed by atoms with van der Waals surface area (Å²) < 4.78 is 30.0. The third-order valence-electron chi connectivity index (χ3n) is 3.81. The van der Waals surface area contributed by atoms with Gasteiger partial charge < -0.3 is 4.74 Å². The van der Waals surface area contributed by atoms with Crippen molar-refractivity contribution in [1.29, 1.82) is 0 Å². The molecule has 0 saturated heterocycles. The Labute approximate surface area is 168 Å². The van der Waals surface area contributed by atoms with Crippen molar-refractivity contribution in [3.63, 3.8) is 0 Å². The summed E-state index contributed by atoms with van der Waals surface area (Å²) in [6.45, 7) is 0. The van der Waals surface area contributed by atoms with E-state index in [0.29, 0.717) is 5.56 Å². The summed E-state index contributed by atoms with van der Waals surface area (Å²) in [7, 11) is -2.38. The van der Waals surface area contributed by atoms with E-state index in [0.717, 1.165) is 22.9 Å². The van der Waals surface area contributed by atoms with Crippen LogP contribution in [0.15, 0.2) is 61.1 Å². The molecule has 2 heterocycles. The van der Waals surface area contributed by atoms with Crippen molar-refractivity contribution in [3.05, 3.63) is 77.7 Å². The standard InChI is InChI=1S/C21H17N3O4S/c1-28-21(25)19-12-18(14-23-20(19)24-29(2,26)27)17-9-7-15(8-10-17)5-6-16-4-3-11-22-13-16/h3-4,7-14H,1-2H3,(H,23,24). The van der Waals surface area contributed by atoms with Gasteiger partial charge in [-0.3, -0.25) is 9.71 Å². The Morgan fingerprint density at radius 2 is 1.76 bits per heavy atom. The number of carbonyl (C=O) groups excluding carboxylic acids is 1. The molecule has 2 aromatic heterocycles. The van der Waals surface area contributed by atoms with Gasteiger partial charge in [0, 0.05) is 35.3 Å². The lowest BCUT2D eigenvalue weighted by molar-refractivity contribution is 0.0601. The van der Waals surface area contributed by atoms with Crippen molar-refractivity contribution in [1.82, 2.24) is 9.97 Å². The first-order valence-corrected chi connectivity index (χ1v) is 10.3. The van der Waals surface area contributed by atoms with Gasteiger partial charge in [0.1, 0.15) is 5.56 Å². The minimum atomic E-state index is -3.59. The average molecular weight is 407 g/mol. The smallest absolute Gasteiger partial charge is 0.341 e. The van der Waals surface area contributed by atoms with Crippen molar-refractivity contribution in [3.8, 4) is 23.0 Å². The van der Waals surface area contributed by atoms with Crippen LogP contribution in [0.3, 0.4) is 0 Å². The minimum absolute atomic E-state index is 0.0240. The Balaban J connectivity index is 1.90. The minimum Gasteiger partial charge on any atom is -0.465 e. The van der Waals surface area contributed by atoms with Gasteiger partial charge >= 0.3 is 5.97 Å². The lowest BCUT2D eigenvalue weighted by Crippen LogP contribution is -2.15. The quantitative estimate of drug-likeness (QED) is 0.527. The van der Waals surface area contributed by atoms with E-state index >= 15 is 0 Å². The van der Waals surface area contributed by atoms with Crippen LogP contribution in [0.1, 0.15) is 21.5 Å². The molecule has 0 fully saturated rings. The van der Waals surface area contributed by atoms with Gasteiger partial charge in [0.25, 0.3) is 0 Å². The summed E-state index contributed by atoms with van der Waals surface area (Å²) in [6.07, 6.45) is 5.84. The Kier molecular flexibility index (Phi) is 5.90. The van der Waals surface area contributed by atoms with Gasteiger partial charge in [0.15, 0.2) is 5.82 Å². The van der Waals surface area contributed by atoms with Crippen LogP contribution in [0.2, 0.25) is 0 Å². The Morgan fingerprint density at radius 3 is 2.38 bits per heavy atom. The summed E-state index contributed by atoms with van der Waals surface area (Å²) in [5.41, 5.74) is 3.08. The molecular weight excluding hydrogens is 390 g/mol. The maximum Gasteiger partial charge on any atom is 0.341 e. The number of benzene rings is 1. The molecule has 0 bridgehead atoms. The van der Waals surface area contributed by atoms with Gasteiger partial charge in [-0.2, -0.15) is 0 Å². The van der Waals surface area contributed by atoms with Crippen molar-refractivity contribution in [2.24, 2.45) is 0 Å². The van der Waals surface area contributed by atoms with E-state index in [2.05, 4.69) is 26.5 Å². The highest BCUT2D eigenvalue weighted by atomic mass is 32.2. The topological polar surface area (TPSA) is 98.2 Å². The Bertz CT molecular complexity index is 1200. The second kappa shape index (κ2) is 8.54. The summed E-state index contributed by atoms with van der Waals surface area (Å²) in [6, 6.07) is 12.6. The van der Waals surface area contributed by atoms with E-state index in [9.17, 15) is 13.2 Å². The van der Waals surface area contributed by atoms with Crippen LogP contribution in [-0.4, -0.2) is 37.7 Å². The van der Waals surface area contributed by atoms with Crippen LogP contribution in [0, 0.1) is 11.8 Å². The van der Waals surface area contributed by atoms with Crippen LogP contribution >= 0.6 is 0 Å². The normalized spacial score (nSPS) is 10.6. The molecule has 3 rings (SSSR count). The molecule has 0 saturated carbocycles. The number of sulfonamides is 1. The Hall–Kier alpha value is -3.70. The summed E-state index contributed by atoms with van der Waals surface area (Å²) in [5.74, 6) is 5.31. The van der Waals surface area contributed by atoms with Crippen LogP contribution < -0.4 is 4.72 Å².